The second kappa shape index (κ2) is 9.29. The summed E-state index contributed by atoms with van der Waals surface area (Å²) < 4.78 is 1.70. The number of aryl methyl sites for hydroxylation is 2. The third-order valence-electron chi connectivity index (χ3n) is 5.94. The normalized spacial score (nSPS) is 12.8. The number of benzene rings is 2. The lowest BCUT2D eigenvalue weighted by Crippen LogP contribution is -2.30. The van der Waals surface area contributed by atoms with Gasteiger partial charge in [-0.15, -0.1) is 0 Å². The molecule has 6 heteroatoms. The van der Waals surface area contributed by atoms with Crippen LogP contribution in [-0.4, -0.2) is 17.4 Å². The second-order valence-corrected chi connectivity index (χ2v) is 8.62. The summed E-state index contributed by atoms with van der Waals surface area (Å²) in [5.74, 6) is 0. The van der Waals surface area contributed by atoms with Crippen LogP contribution in [0.4, 0.5) is 5.69 Å². The van der Waals surface area contributed by atoms with Crippen LogP contribution >= 0.6 is 23.2 Å². The lowest BCUT2D eigenvalue weighted by molar-refractivity contribution is 0.112. The Morgan fingerprint density at radius 1 is 1.06 bits per heavy atom. The van der Waals surface area contributed by atoms with Gasteiger partial charge < -0.3 is 9.47 Å². The van der Waals surface area contributed by atoms with Crippen LogP contribution in [0.3, 0.4) is 0 Å². The summed E-state index contributed by atoms with van der Waals surface area (Å²) in [6, 6.07) is 15.4. The van der Waals surface area contributed by atoms with Gasteiger partial charge in [0.1, 0.15) is 11.3 Å². The van der Waals surface area contributed by atoms with Gasteiger partial charge in [-0.3, -0.25) is 9.59 Å². The zero-order valence-corrected chi connectivity index (χ0v) is 18.9. The van der Waals surface area contributed by atoms with Gasteiger partial charge in [-0.25, -0.2) is 0 Å². The molecule has 0 bridgehead atoms. The van der Waals surface area contributed by atoms with Crippen LogP contribution in [0, 0.1) is 0 Å². The molecule has 4 rings (SSSR count). The average Bonchev–Trinajstić information content (AvgIpc) is 3.20. The van der Waals surface area contributed by atoms with E-state index in [1.165, 1.54) is 16.8 Å². The molecule has 2 aromatic carbocycles. The fourth-order valence-corrected chi connectivity index (χ4v) is 4.82. The van der Waals surface area contributed by atoms with Gasteiger partial charge in [-0.05, 0) is 42.0 Å². The van der Waals surface area contributed by atoms with Crippen molar-refractivity contribution in [2.75, 3.05) is 11.4 Å². The lowest BCUT2D eigenvalue weighted by Gasteiger charge is -2.25. The second-order valence-electron chi connectivity index (χ2n) is 7.80. The first-order valence-corrected chi connectivity index (χ1v) is 11.2. The molecule has 0 saturated carbocycles. The number of carbonyl (C=O) groups excluding carboxylic acids is 1. The molecular formula is C25H24Cl2N2O2. The first-order valence-electron chi connectivity index (χ1n) is 10.5. The molecule has 0 spiro atoms. The Hall–Kier alpha value is -2.56. The first kappa shape index (κ1) is 21.7. The van der Waals surface area contributed by atoms with E-state index in [2.05, 4.69) is 30.0 Å². The monoisotopic (exact) mass is 454 g/mol. The summed E-state index contributed by atoms with van der Waals surface area (Å²) in [5, 5.41) is 0.629. The number of para-hydroxylation sites is 1. The Morgan fingerprint density at radius 2 is 1.84 bits per heavy atom. The van der Waals surface area contributed by atoms with Gasteiger partial charge in [0, 0.05) is 24.3 Å². The lowest BCUT2D eigenvalue weighted by atomic mass is 10.1. The average molecular weight is 455 g/mol. The summed E-state index contributed by atoms with van der Waals surface area (Å²) in [4.78, 5) is 26.1. The van der Waals surface area contributed by atoms with Crippen LogP contribution < -0.4 is 10.5 Å². The van der Waals surface area contributed by atoms with Crippen molar-refractivity contribution in [2.24, 2.45) is 0 Å². The van der Waals surface area contributed by atoms with Crippen molar-refractivity contribution in [1.82, 2.24) is 4.57 Å². The molecule has 0 N–H and O–H groups in total. The van der Waals surface area contributed by atoms with Gasteiger partial charge in [-0.2, -0.15) is 0 Å². The van der Waals surface area contributed by atoms with Gasteiger partial charge in [0.25, 0.3) is 5.56 Å². The largest absolute Gasteiger partial charge is 0.365 e. The molecule has 0 saturated heterocycles. The third kappa shape index (κ3) is 4.41. The van der Waals surface area contributed by atoms with E-state index < -0.39 is 0 Å². The van der Waals surface area contributed by atoms with Crippen molar-refractivity contribution in [2.45, 2.75) is 39.3 Å². The molecule has 0 radical (unpaired) electrons. The number of halogens is 2. The van der Waals surface area contributed by atoms with Crippen LogP contribution in [0.1, 0.15) is 39.7 Å². The van der Waals surface area contributed by atoms with E-state index in [1.54, 1.807) is 22.8 Å². The van der Waals surface area contributed by atoms with E-state index in [1.807, 2.05) is 12.1 Å². The molecule has 3 aromatic rings. The summed E-state index contributed by atoms with van der Waals surface area (Å²) >= 11 is 12.8. The summed E-state index contributed by atoms with van der Waals surface area (Å²) in [6.07, 6.45) is 3.40. The van der Waals surface area contributed by atoms with Crippen molar-refractivity contribution in [3.05, 3.63) is 96.9 Å². The molecular weight excluding hydrogens is 431 g/mol. The number of aromatic nitrogens is 1. The smallest absolute Gasteiger partial charge is 0.269 e. The minimum atomic E-state index is -0.228. The molecule has 1 aromatic heterocycles. The van der Waals surface area contributed by atoms with E-state index in [0.717, 1.165) is 36.9 Å². The number of anilines is 1. The summed E-state index contributed by atoms with van der Waals surface area (Å²) in [5.41, 5.74) is 6.14. The van der Waals surface area contributed by atoms with Crippen molar-refractivity contribution < 1.29 is 4.79 Å². The topological polar surface area (TPSA) is 42.3 Å². The van der Waals surface area contributed by atoms with E-state index in [4.69, 9.17) is 23.2 Å². The SMILES string of the molecule is CCc1cccc2c1N(Cc1c(Cl)cc(Cl)c(=O)n1CCc1ccc(C=O)cc1)CC2. The molecule has 0 amide bonds. The molecule has 2 heterocycles. The summed E-state index contributed by atoms with van der Waals surface area (Å²) in [6.45, 7) is 4.07. The predicted molar refractivity (Wildman–Crippen MR) is 127 cm³/mol. The number of carbonyl (C=O) groups is 1. The highest BCUT2D eigenvalue weighted by Crippen LogP contribution is 2.34. The van der Waals surface area contributed by atoms with E-state index >= 15 is 0 Å². The van der Waals surface area contributed by atoms with Crippen molar-refractivity contribution in [3.63, 3.8) is 0 Å². The van der Waals surface area contributed by atoms with E-state index in [-0.39, 0.29) is 10.6 Å². The van der Waals surface area contributed by atoms with Crippen molar-refractivity contribution >= 4 is 35.2 Å². The van der Waals surface area contributed by atoms with Gasteiger partial charge >= 0.3 is 0 Å². The Kier molecular flexibility index (Phi) is 6.49. The standard InChI is InChI=1S/C25H24Cl2N2O2/c1-2-19-4-3-5-20-11-12-28(24(19)20)15-23-21(26)14-22(27)25(31)29(23)13-10-17-6-8-18(16-30)9-7-17/h3-9,14,16H,2,10-13,15H2,1H3. The third-order valence-corrected chi connectivity index (χ3v) is 6.53. The Morgan fingerprint density at radius 3 is 2.55 bits per heavy atom. The number of aldehydes is 1. The fourth-order valence-electron chi connectivity index (χ4n) is 4.28. The van der Waals surface area contributed by atoms with Crippen molar-refractivity contribution in [1.29, 1.82) is 0 Å². The molecule has 4 nitrogen and oxygen atoms in total. The van der Waals surface area contributed by atoms with Gasteiger partial charge in [0.15, 0.2) is 0 Å². The number of fused-ring (bicyclic) bond motifs is 1. The number of hydrogen-bond donors (Lipinski definition) is 0. The van der Waals surface area contributed by atoms with Crippen LogP contribution in [0.2, 0.25) is 10.0 Å². The van der Waals surface area contributed by atoms with Crippen LogP contribution in [-0.2, 0) is 32.4 Å². The van der Waals surface area contributed by atoms with Gasteiger partial charge in [0.05, 0.1) is 17.3 Å². The Labute approximate surface area is 192 Å². The molecule has 160 valence electrons. The maximum absolute atomic E-state index is 12.9. The number of pyridine rings is 1. The molecule has 1 aliphatic rings. The molecule has 0 atom stereocenters. The van der Waals surface area contributed by atoms with Crippen LogP contribution in [0.15, 0.2) is 53.3 Å². The maximum atomic E-state index is 12.9. The molecule has 0 fully saturated rings. The zero-order valence-electron chi connectivity index (χ0n) is 17.4. The Balaban J connectivity index is 1.65. The predicted octanol–water partition coefficient (Wildman–Crippen LogP) is 5.34. The van der Waals surface area contributed by atoms with Crippen LogP contribution in [0.5, 0.6) is 0 Å². The number of nitrogens with zero attached hydrogens (tertiary/aromatic N) is 2. The van der Waals surface area contributed by atoms with Crippen molar-refractivity contribution in [3.8, 4) is 0 Å². The first-order chi connectivity index (χ1) is 15.0. The van der Waals surface area contributed by atoms with E-state index in [9.17, 15) is 9.59 Å². The quantitative estimate of drug-likeness (QED) is 0.452. The highest BCUT2D eigenvalue weighted by Gasteiger charge is 2.24. The molecule has 1 aliphatic heterocycles. The van der Waals surface area contributed by atoms with Gasteiger partial charge in [-0.1, -0.05) is 72.6 Å². The molecule has 0 unspecified atom stereocenters. The zero-order chi connectivity index (χ0) is 22.0. The minimum Gasteiger partial charge on any atom is -0.365 e. The molecule has 31 heavy (non-hydrogen) atoms. The highest BCUT2D eigenvalue weighted by molar-refractivity contribution is 6.34. The minimum absolute atomic E-state index is 0.126. The summed E-state index contributed by atoms with van der Waals surface area (Å²) in [7, 11) is 0. The van der Waals surface area contributed by atoms with E-state index in [0.29, 0.717) is 30.1 Å². The van der Waals surface area contributed by atoms with Gasteiger partial charge in [0.2, 0.25) is 0 Å². The number of rotatable bonds is 7. The Bertz CT molecular complexity index is 1170. The van der Waals surface area contributed by atoms with Crippen LogP contribution in [0.25, 0.3) is 0 Å². The number of hydrogen-bond acceptors (Lipinski definition) is 3. The maximum Gasteiger partial charge on any atom is 0.269 e. The molecule has 0 aliphatic carbocycles. The highest BCUT2D eigenvalue weighted by atomic mass is 35.5. The fraction of sp³-hybridized carbons (Fsp3) is 0.280.